The van der Waals surface area contributed by atoms with Crippen molar-refractivity contribution in [3.63, 3.8) is 0 Å². The maximum absolute atomic E-state index is 13.3. The predicted molar refractivity (Wildman–Crippen MR) is 144 cm³/mol. The van der Waals surface area contributed by atoms with Crippen molar-refractivity contribution >= 4 is 39.3 Å². The van der Waals surface area contributed by atoms with Gasteiger partial charge in [-0.3, -0.25) is 14.3 Å². The van der Waals surface area contributed by atoms with Crippen molar-refractivity contribution in [2.45, 2.75) is 37.7 Å². The second kappa shape index (κ2) is 11.5. The number of hydrogen-bond donors (Lipinski definition) is 2. The molecule has 37 heavy (non-hydrogen) atoms. The molecule has 3 aromatic rings. The maximum atomic E-state index is 13.3. The molecule has 198 valence electrons. The number of anilines is 1. The minimum atomic E-state index is -3.99. The molecule has 0 fully saturated rings. The van der Waals surface area contributed by atoms with Crippen LogP contribution in [0.3, 0.4) is 0 Å². The van der Waals surface area contributed by atoms with Gasteiger partial charge in [-0.25, -0.2) is 13.2 Å². The van der Waals surface area contributed by atoms with E-state index in [4.69, 9.17) is 16.3 Å². The van der Waals surface area contributed by atoms with Crippen LogP contribution >= 0.6 is 11.6 Å². The van der Waals surface area contributed by atoms with E-state index in [-0.39, 0.29) is 23.9 Å². The van der Waals surface area contributed by atoms with Gasteiger partial charge in [-0.2, -0.15) is 4.72 Å². The summed E-state index contributed by atoms with van der Waals surface area (Å²) in [5, 5.41) is 3.21. The summed E-state index contributed by atoms with van der Waals surface area (Å²) in [5.41, 5.74) is 1.12. The fourth-order valence-electron chi connectivity index (χ4n) is 3.36. The highest BCUT2D eigenvalue weighted by Gasteiger charge is 2.23. The number of hydrogen-bond acceptors (Lipinski definition) is 6. The first kappa shape index (κ1) is 28.4. The molecule has 0 saturated heterocycles. The minimum absolute atomic E-state index is 0.0289. The monoisotopic (exact) mass is 546 g/mol. The number of benzene rings is 2. The Morgan fingerprint density at radius 2 is 1.78 bits per heavy atom. The maximum Gasteiger partial charge on any atom is 0.418 e. The topological polar surface area (TPSA) is 110 Å². The lowest BCUT2D eigenvalue weighted by molar-refractivity contribution is -0.115. The third kappa shape index (κ3) is 7.90. The molecule has 2 aromatic carbocycles. The molecule has 0 spiro atoms. The number of nitrogens with one attached hydrogen (secondary N) is 2. The van der Waals surface area contributed by atoms with Gasteiger partial charge in [0, 0.05) is 34.2 Å². The first-order valence-electron chi connectivity index (χ1n) is 11.5. The molecular formula is C26H31ClN4O5S. The van der Waals surface area contributed by atoms with Gasteiger partial charge in [0.2, 0.25) is 15.9 Å². The Balaban J connectivity index is 1.95. The van der Waals surface area contributed by atoms with Gasteiger partial charge in [0.1, 0.15) is 5.60 Å². The van der Waals surface area contributed by atoms with E-state index in [1.807, 2.05) is 0 Å². The summed E-state index contributed by atoms with van der Waals surface area (Å²) in [4.78, 5) is 26.7. The highest BCUT2D eigenvalue weighted by molar-refractivity contribution is 7.89. The number of sulfonamides is 1. The van der Waals surface area contributed by atoms with E-state index in [1.165, 1.54) is 23.0 Å². The Morgan fingerprint density at radius 3 is 2.43 bits per heavy atom. The average molecular weight is 547 g/mol. The summed E-state index contributed by atoms with van der Waals surface area (Å²) in [6.07, 6.45) is 2.45. The molecule has 2 N–H and O–H groups in total. The van der Waals surface area contributed by atoms with Gasteiger partial charge in [-0.15, -0.1) is 0 Å². The van der Waals surface area contributed by atoms with Crippen LogP contribution in [0, 0.1) is 0 Å². The largest absolute Gasteiger partial charge is 0.443 e. The third-order valence-electron chi connectivity index (χ3n) is 5.04. The average Bonchev–Trinajstić information content (AvgIpc) is 3.29. The number of amides is 1. The Bertz CT molecular complexity index is 1390. The molecule has 0 unspecified atom stereocenters. The summed E-state index contributed by atoms with van der Waals surface area (Å²) < 4.78 is 35.7. The lowest BCUT2D eigenvalue weighted by atomic mass is 10.1. The van der Waals surface area contributed by atoms with Crippen molar-refractivity contribution < 1.29 is 22.7 Å². The standard InChI is InChI=1S/C26H31ClN4O5S/c1-26(2,3)36-25(33)31-13-12-19(16-31)21-11-10-20(15-23(21)37(34,35)28-17-30(4)5)29-24(32)14-18-8-6-7-9-22(18)27/h6-13,15-16,28H,14,17H2,1-5H3,(H,29,32). The number of carbonyl (C=O) groups is 2. The van der Waals surface area contributed by atoms with Crippen molar-refractivity contribution in [1.29, 1.82) is 0 Å². The van der Waals surface area contributed by atoms with Gasteiger partial charge in [-0.1, -0.05) is 35.9 Å². The van der Waals surface area contributed by atoms with E-state index in [2.05, 4.69) is 10.0 Å². The van der Waals surface area contributed by atoms with Crippen LogP contribution < -0.4 is 10.0 Å². The predicted octanol–water partition coefficient (Wildman–Crippen LogP) is 4.57. The fraction of sp³-hybridized carbons (Fsp3) is 0.308. The fourth-order valence-corrected chi connectivity index (χ4v) is 4.90. The quantitative estimate of drug-likeness (QED) is 0.400. The van der Waals surface area contributed by atoms with Crippen molar-refractivity contribution in [2.24, 2.45) is 0 Å². The van der Waals surface area contributed by atoms with E-state index >= 15 is 0 Å². The molecule has 0 radical (unpaired) electrons. The molecule has 1 heterocycles. The summed E-state index contributed by atoms with van der Waals surface area (Å²) in [6, 6.07) is 13.2. The molecule has 3 rings (SSSR count). The van der Waals surface area contributed by atoms with Crippen LogP contribution in [0.1, 0.15) is 26.3 Å². The van der Waals surface area contributed by atoms with E-state index in [9.17, 15) is 18.0 Å². The molecule has 11 heteroatoms. The highest BCUT2D eigenvalue weighted by atomic mass is 35.5. The second-order valence-corrected chi connectivity index (χ2v) is 11.8. The zero-order valence-electron chi connectivity index (χ0n) is 21.4. The smallest absolute Gasteiger partial charge is 0.418 e. The number of halogens is 1. The van der Waals surface area contributed by atoms with Gasteiger partial charge in [0.05, 0.1) is 18.0 Å². The minimum Gasteiger partial charge on any atom is -0.443 e. The van der Waals surface area contributed by atoms with Crippen LogP contribution in [0.4, 0.5) is 10.5 Å². The first-order chi connectivity index (χ1) is 17.2. The van der Waals surface area contributed by atoms with Crippen molar-refractivity contribution in [1.82, 2.24) is 14.2 Å². The Kier molecular flexibility index (Phi) is 8.80. The molecule has 0 aliphatic rings. The zero-order chi connectivity index (χ0) is 27.4. The number of ether oxygens (including phenoxy) is 1. The van der Waals surface area contributed by atoms with Crippen LogP contribution in [0.25, 0.3) is 11.1 Å². The van der Waals surface area contributed by atoms with Gasteiger partial charge >= 0.3 is 6.09 Å². The SMILES string of the molecule is CN(C)CNS(=O)(=O)c1cc(NC(=O)Cc2ccccc2Cl)ccc1-c1ccn(C(=O)OC(C)(C)C)c1. The lowest BCUT2D eigenvalue weighted by Gasteiger charge is -2.19. The molecule has 1 aromatic heterocycles. The van der Waals surface area contributed by atoms with Gasteiger partial charge in [0.15, 0.2) is 0 Å². The van der Waals surface area contributed by atoms with E-state index < -0.39 is 21.7 Å². The van der Waals surface area contributed by atoms with Crippen LogP contribution in [-0.2, 0) is 26.0 Å². The zero-order valence-corrected chi connectivity index (χ0v) is 23.0. The van der Waals surface area contributed by atoms with Gasteiger partial charge < -0.3 is 10.1 Å². The van der Waals surface area contributed by atoms with Crippen LogP contribution in [-0.4, -0.2) is 56.3 Å². The Hall–Kier alpha value is -3.18. The molecular weight excluding hydrogens is 516 g/mol. The van der Waals surface area contributed by atoms with Crippen molar-refractivity contribution in [3.05, 3.63) is 71.5 Å². The van der Waals surface area contributed by atoms with Crippen LogP contribution in [0.15, 0.2) is 65.8 Å². The molecule has 0 bridgehead atoms. The summed E-state index contributed by atoms with van der Waals surface area (Å²) in [7, 11) is -0.524. The molecule has 0 atom stereocenters. The second-order valence-electron chi connectivity index (χ2n) is 9.70. The van der Waals surface area contributed by atoms with Crippen molar-refractivity contribution in [3.8, 4) is 11.1 Å². The number of aromatic nitrogens is 1. The number of carbonyl (C=O) groups excluding carboxylic acids is 2. The van der Waals surface area contributed by atoms with Gasteiger partial charge in [-0.05, 0) is 64.7 Å². The number of nitrogens with zero attached hydrogens (tertiary/aromatic N) is 2. The first-order valence-corrected chi connectivity index (χ1v) is 13.3. The molecule has 0 saturated carbocycles. The summed E-state index contributed by atoms with van der Waals surface area (Å²) in [5.74, 6) is -0.346. The van der Waals surface area contributed by atoms with E-state index in [1.54, 1.807) is 82.2 Å². The highest BCUT2D eigenvalue weighted by Crippen LogP contribution is 2.31. The normalized spacial score (nSPS) is 12.0. The Morgan fingerprint density at radius 1 is 1.08 bits per heavy atom. The van der Waals surface area contributed by atoms with Crippen LogP contribution in [0.2, 0.25) is 5.02 Å². The van der Waals surface area contributed by atoms with Crippen molar-refractivity contribution in [2.75, 3.05) is 26.1 Å². The Labute approximate surface area is 222 Å². The van der Waals surface area contributed by atoms with Gasteiger partial charge in [0.25, 0.3) is 0 Å². The molecule has 1 amide bonds. The molecule has 0 aliphatic carbocycles. The third-order valence-corrected chi connectivity index (χ3v) is 6.84. The lowest BCUT2D eigenvalue weighted by Crippen LogP contribution is -2.33. The van der Waals surface area contributed by atoms with E-state index in [0.717, 1.165) is 0 Å². The summed E-state index contributed by atoms with van der Waals surface area (Å²) in [6.45, 7) is 5.35. The molecule has 0 aliphatic heterocycles. The van der Waals surface area contributed by atoms with E-state index in [0.29, 0.717) is 27.4 Å². The number of rotatable bonds is 8. The van der Waals surface area contributed by atoms with Crippen LogP contribution in [0.5, 0.6) is 0 Å². The summed E-state index contributed by atoms with van der Waals surface area (Å²) >= 11 is 6.16. The molecule has 9 nitrogen and oxygen atoms in total.